The molecule has 0 radical (unpaired) electrons. The van der Waals surface area contributed by atoms with Crippen molar-refractivity contribution in [2.24, 2.45) is 23.7 Å². The molecule has 3 heteroatoms. The topological polar surface area (TPSA) is 12.0 Å². The normalized spacial score (nSPS) is 38.7. The minimum absolute atomic E-state index is 0.351. The number of hydrogen-bond donors (Lipinski definition) is 1. The number of fused-ring (bicyclic) bond motifs is 5. The largest absolute Gasteiger partial charge is 0.307 e. The molecule has 1 nitrogen and oxygen atoms in total. The average Bonchev–Trinajstić information content (AvgIpc) is 3.13. The monoisotopic (exact) mass is 323 g/mol. The Kier molecular flexibility index (Phi) is 3.72. The molecule has 3 aliphatic carbocycles. The molecule has 0 spiro atoms. The zero-order valence-corrected chi connectivity index (χ0v) is 14.0. The zero-order valence-electron chi connectivity index (χ0n) is 12.5. The fourth-order valence-corrected chi connectivity index (χ4v) is 5.77. The van der Waals surface area contributed by atoms with Crippen molar-refractivity contribution in [3.63, 3.8) is 0 Å². The van der Waals surface area contributed by atoms with Gasteiger partial charge in [0.15, 0.2) is 0 Å². The van der Waals surface area contributed by atoms with Crippen molar-refractivity contribution >= 4 is 23.2 Å². The maximum atomic E-state index is 6.15. The highest BCUT2D eigenvalue weighted by molar-refractivity contribution is 6.42. The van der Waals surface area contributed by atoms with Crippen LogP contribution >= 0.6 is 23.2 Å². The van der Waals surface area contributed by atoms with Crippen molar-refractivity contribution < 1.29 is 0 Å². The Morgan fingerprint density at radius 2 is 1.86 bits per heavy atom. The third-order valence-electron chi connectivity index (χ3n) is 6.34. The van der Waals surface area contributed by atoms with Crippen LogP contribution in [0.25, 0.3) is 0 Å². The van der Waals surface area contributed by atoms with Crippen LogP contribution in [0.5, 0.6) is 0 Å². The summed E-state index contributed by atoms with van der Waals surface area (Å²) in [6.07, 6.45) is 7.31. The molecule has 1 aromatic carbocycles. The maximum absolute atomic E-state index is 6.15. The second kappa shape index (κ2) is 5.44. The van der Waals surface area contributed by atoms with Crippen molar-refractivity contribution in [3.8, 4) is 0 Å². The van der Waals surface area contributed by atoms with E-state index in [0.717, 1.165) is 23.7 Å². The summed E-state index contributed by atoms with van der Waals surface area (Å²) in [5, 5.41) is 5.18. The third kappa shape index (κ3) is 2.42. The van der Waals surface area contributed by atoms with Gasteiger partial charge in [-0.3, -0.25) is 0 Å². The summed E-state index contributed by atoms with van der Waals surface area (Å²) < 4.78 is 0. The number of benzene rings is 1. The lowest BCUT2D eigenvalue weighted by molar-refractivity contribution is 0.200. The molecule has 1 N–H and O–H groups in total. The lowest BCUT2D eigenvalue weighted by atomic mass is 9.79. The minimum Gasteiger partial charge on any atom is -0.307 e. The van der Waals surface area contributed by atoms with Gasteiger partial charge in [-0.05, 0) is 74.0 Å². The van der Waals surface area contributed by atoms with Crippen LogP contribution in [0.2, 0.25) is 10.0 Å². The number of rotatable bonds is 3. The lowest BCUT2D eigenvalue weighted by Gasteiger charge is -2.34. The van der Waals surface area contributed by atoms with Crippen LogP contribution in [0.4, 0.5) is 0 Å². The number of nitrogens with one attached hydrogen (secondary N) is 1. The summed E-state index contributed by atoms with van der Waals surface area (Å²) >= 11 is 12.2. The Hall–Kier alpha value is -0.240. The predicted octanol–water partition coefficient (Wildman–Crippen LogP) is 5.47. The van der Waals surface area contributed by atoms with Crippen LogP contribution in [-0.4, -0.2) is 6.04 Å². The van der Waals surface area contributed by atoms with Gasteiger partial charge in [0.1, 0.15) is 0 Å². The summed E-state index contributed by atoms with van der Waals surface area (Å²) in [6.45, 7) is 2.25. The van der Waals surface area contributed by atoms with Gasteiger partial charge >= 0.3 is 0 Å². The Morgan fingerprint density at radius 1 is 1.05 bits per heavy atom. The fraction of sp³-hybridized carbons (Fsp3) is 0.667. The lowest BCUT2D eigenvalue weighted by Crippen LogP contribution is -2.40. The first-order chi connectivity index (χ1) is 10.1. The van der Waals surface area contributed by atoms with Gasteiger partial charge in [0.25, 0.3) is 0 Å². The first-order valence-electron chi connectivity index (χ1n) is 8.34. The molecule has 0 amide bonds. The predicted molar refractivity (Wildman–Crippen MR) is 88.8 cm³/mol. The molecule has 0 heterocycles. The van der Waals surface area contributed by atoms with Crippen LogP contribution in [0.3, 0.4) is 0 Å². The highest BCUT2D eigenvalue weighted by atomic mass is 35.5. The van der Waals surface area contributed by atoms with Gasteiger partial charge in [0.05, 0.1) is 10.0 Å². The molecular formula is C18H23Cl2N. The van der Waals surface area contributed by atoms with E-state index in [1.807, 2.05) is 12.1 Å². The van der Waals surface area contributed by atoms with Gasteiger partial charge in [0.2, 0.25) is 0 Å². The number of hydrogen-bond acceptors (Lipinski definition) is 1. The van der Waals surface area contributed by atoms with E-state index >= 15 is 0 Å². The molecule has 6 atom stereocenters. The summed E-state index contributed by atoms with van der Waals surface area (Å²) in [7, 11) is 0. The smallest absolute Gasteiger partial charge is 0.0595 e. The standard InChI is InChI=1S/C18H23Cl2N/c1-10(11-5-6-16(19)17(20)8-11)21-18-9-12-7-15(18)14-4-2-3-13(12)14/h5-6,8,10,12-15,18,21H,2-4,7,9H2,1H3. The van der Waals surface area contributed by atoms with Crippen molar-refractivity contribution in [3.05, 3.63) is 33.8 Å². The van der Waals surface area contributed by atoms with Crippen molar-refractivity contribution in [1.82, 2.24) is 5.32 Å². The Morgan fingerprint density at radius 3 is 2.67 bits per heavy atom. The van der Waals surface area contributed by atoms with E-state index in [1.165, 1.54) is 37.7 Å². The van der Waals surface area contributed by atoms with Gasteiger partial charge < -0.3 is 5.32 Å². The van der Waals surface area contributed by atoms with Gasteiger partial charge in [-0.15, -0.1) is 0 Å². The molecule has 114 valence electrons. The van der Waals surface area contributed by atoms with E-state index in [-0.39, 0.29) is 0 Å². The van der Waals surface area contributed by atoms with E-state index in [4.69, 9.17) is 23.2 Å². The second-order valence-corrected chi connectivity index (χ2v) is 8.14. The van der Waals surface area contributed by atoms with Crippen LogP contribution in [-0.2, 0) is 0 Å². The molecular weight excluding hydrogens is 301 g/mol. The molecule has 21 heavy (non-hydrogen) atoms. The maximum Gasteiger partial charge on any atom is 0.0595 e. The summed E-state index contributed by atoms with van der Waals surface area (Å²) in [5.74, 6) is 4.00. The Balaban J connectivity index is 1.45. The molecule has 0 aromatic heterocycles. The summed E-state index contributed by atoms with van der Waals surface area (Å²) in [5.41, 5.74) is 1.25. The van der Waals surface area contributed by atoms with Gasteiger partial charge in [-0.2, -0.15) is 0 Å². The van der Waals surface area contributed by atoms with E-state index in [9.17, 15) is 0 Å². The first kappa shape index (κ1) is 14.4. The molecule has 2 bridgehead atoms. The van der Waals surface area contributed by atoms with Crippen molar-refractivity contribution in [2.75, 3.05) is 0 Å². The molecule has 3 saturated carbocycles. The molecule has 0 saturated heterocycles. The van der Waals surface area contributed by atoms with E-state index < -0.39 is 0 Å². The quantitative estimate of drug-likeness (QED) is 0.777. The molecule has 3 fully saturated rings. The van der Waals surface area contributed by atoms with Crippen molar-refractivity contribution in [1.29, 1.82) is 0 Å². The fourth-order valence-electron chi connectivity index (χ4n) is 5.46. The van der Waals surface area contributed by atoms with E-state index in [2.05, 4.69) is 18.3 Å². The molecule has 1 aromatic rings. The van der Waals surface area contributed by atoms with Crippen LogP contribution < -0.4 is 5.32 Å². The molecule has 3 aliphatic rings. The number of halogens is 2. The van der Waals surface area contributed by atoms with Crippen molar-refractivity contribution in [2.45, 2.75) is 51.1 Å². The highest BCUT2D eigenvalue weighted by Gasteiger charge is 2.53. The highest BCUT2D eigenvalue weighted by Crippen LogP contribution is 2.58. The average molecular weight is 324 g/mol. The van der Waals surface area contributed by atoms with Gasteiger partial charge in [0, 0.05) is 12.1 Å². The molecule has 4 rings (SSSR count). The Labute approximate surface area is 137 Å². The summed E-state index contributed by atoms with van der Waals surface area (Å²) in [6, 6.07) is 7.07. The summed E-state index contributed by atoms with van der Waals surface area (Å²) in [4.78, 5) is 0. The van der Waals surface area contributed by atoms with E-state index in [0.29, 0.717) is 22.1 Å². The first-order valence-corrected chi connectivity index (χ1v) is 9.10. The second-order valence-electron chi connectivity index (χ2n) is 7.32. The van der Waals surface area contributed by atoms with Gasteiger partial charge in [-0.25, -0.2) is 0 Å². The van der Waals surface area contributed by atoms with E-state index in [1.54, 1.807) is 0 Å². The molecule has 0 aliphatic heterocycles. The molecule has 6 unspecified atom stereocenters. The third-order valence-corrected chi connectivity index (χ3v) is 7.08. The zero-order chi connectivity index (χ0) is 14.6. The Bertz CT molecular complexity index is 544. The van der Waals surface area contributed by atoms with Crippen LogP contribution in [0.15, 0.2) is 18.2 Å². The minimum atomic E-state index is 0.351. The van der Waals surface area contributed by atoms with Crippen LogP contribution in [0, 0.1) is 23.7 Å². The SMILES string of the molecule is CC(NC1CC2CC1C1CCCC21)c1ccc(Cl)c(Cl)c1. The van der Waals surface area contributed by atoms with Gasteiger partial charge in [-0.1, -0.05) is 35.7 Å². The van der Waals surface area contributed by atoms with Crippen LogP contribution in [0.1, 0.15) is 50.6 Å².